The number of fused-ring (bicyclic) bond motifs is 2. The molecule has 1 aromatic carbocycles. The Labute approximate surface area is 126 Å². The molecule has 4 bridgehead atoms. The molecule has 1 amide bonds. The van der Waals surface area contributed by atoms with Gasteiger partial charge in [0, 0.05) is 37.1 Å². The van der Waals surface area contributed by atoms with E-state index < -0.39 is 0 Å². The van der Waals surface area contributed by atoms with Crippen LogP contribution in [0.2, 0.25) is 0 Å². The Morgan fingerprint density at radius 3 is 2.14 bits per heavy atom. The summed E-state index contributed by atoms with van der Waals surface area (Å²) in [5.41, 5.74) is 1.41. The van der Waals surface area contributed by atoms with E-state index in [9.17, 15) is 4.79 Å². The predicted octanol–water partition coefficient (Wildman–Crippen LogP) is 2.80. The summed E-state index contributed by atoms with van der Waals surface area (Å²) in [7, 11) is 0. The second kappa shape index (κ2) is 5.13. The van der Waals surface area contributed by atoms with Gasteiger partial charge in [-0.3, -0.25) is 9.69 Å². The molecule has 0 saturated carbocycles. The van der Waals surface area contributed by atoms with E-state index in [1.165, 1.54) is 31.2 Å². The van der Waals surface area contributed by atoms with Gasteiger partial charge in [-0.2, -0.15) is 0 Å². The molecular weight excluding hydrogens is 260 g/mol. The maximum absolute atomic E-state index is 12.3. The molecule has 0 N–H and O–H groups in total. The summed E-state index contributed by atoms with van der Waals surface area (Å²) >= 11 is 0. The largest absolute Gasteiger partial charge is 0.334 e. The maximum Gasteiger partial charge on any atom is 0.222 e. The number of hydrogen-bond acceptors (Lipinski definition) is 2. The monoisotopic (exact) mass is 284 g/mol. The molecule has 6 rings (SSSR count). The first-order valence-corrected chi connectivity index (χ1v) is 8.40. The highest BCUT2D eigenvalue weighted by molar-refractivity contribution is 5.77. The Hall–Kier alpha value is -1.35. The van der Waals surface area contributed by atoms with Crippen molar-refractivity contribution in [1.29, 1.82) is 0 Å². The predicted molar refractivity (Wildman–Crippen MR) is 82.7 cm³/mol. The Bertz CT molecular complexity index is 509. The highest BCUT2D eigenvalue weighted by Crippen LogP contribution is 2.46. The Balaban J connectivity index is 1.59. The molecule has 112 valence electrons. The lowest BCUT2D eigenvalue weighted by Gasteiger charge is -2.64. The van der Waals surface area contributed by atoms with E-state index in [4.69, 9.17) is 0 Å². The van der Waals surface area contributed by atoms with Gasteiger partial charge in [-0.15, -0.1) is 0 Å². The van der Waals surface area contributed by atoms with Crippen LogP contribution in [0.15, 0.2) is 30.3 Å². The number of carbonyl (C=O) groups excluding carboxylic acids is 1. The van der Waals surface area contributed by atoms with Crippen LogP contribution in [0.3, 0.4) is 0 Å². The van der Waals surface area contributed by atoms with Crippen LogP contribution in [0.1, 0.15) is 44.6 Å². The van der Waals surface area contributed by atoms with E-state index in [0.29, 0.717) is 36.5 Å². The molecule has 1 aromatic rings. The number of rotatable bonds is 3. The van der Waals surface area contributed by atoms with Gasteiger partial charge in [0.15, 0.2) is 0 Å². The molecule has 5 heterocycles. The summed E-state index contributed by atoms with van der Waals surface area (Å²) in [4.78, 5) is 17.3. The van der Waals surface area contributed by atoms with Crippen LogP contribution < -0.4 is 0 Å². The summed E-state index contributed by atoms with van der Waals surface area (Å²) in [6, 6.07) is 12.9. The number of piperidine rings is 4. The minimum atomic E-state index is 0.374. The van der Waals surface area contributed by atoms with Gasteiger partial charge >= 0.3 is 0 Å². The first-order valence-electron chi connectivity index (χ1n) is 8.40. The third-order valence-electron chi connectivity index (χ3n) is 5.77. The van der Waals surface area contributed by atoms with Crippen molar-refractivity contribution < 1.29 is 4.79 Å². The standard InChI is InChI=1S/C18H24N2O/c1-2-18(21)20-16-10-8-14-17(20)11-9-15(16)19(14)12-13-6-4-3-5-7-13/h3-7,14-17H,2,8-12H2,1H3/t14-,15-,16-,17-/m0/s1. The molecular formula is C18H24N2O. The molecule has 0 aliphatic carbocycles. The first-order chi connectivity index (χ1) is 10.3. The molecule has 0 unspecified atom stereocenters. The van der Waals surface area contributed by atoms with Gasteiger partial charge in [0.05, 0.1) is 0 Å². The average Bonchev–Trinajstić information content (AvgIpc) is 2.54. The fourth-order valence-corrected chi connectivity index (χ4v) is 4.95. The quantitative estimate of drug-likeness (QED) is 0.852. The fourth-order valence-electron chi connectivity index (χ4n) is 4.95. The second-order valence-electron chi connectivity index (χ2n) is 6.74. The molecule has 5 saturated heterocycles. The van der Waals surface area contributed by atoms with E-state index in [2.05, 4.69) is 40.1 Å². The number of nitrogens with zero attached hydrogens (tertiary/aromatic N) is 2. The van der Waals surface area contributed by atoms with Gasteiger partial charge in [-0.1, -0.05) is 37.3 Å². The van der Waals surface area contributed by atoms with E-state index in [0.717, 1.165) is 6.54 Å². The lowest BCUT2D eigenvalue weighted by atomic mass is 9.71. The molecule has 0 radical (unpaired) electrons. The second-order valence-corrected chi connectivity index (χ2v) is 6.74. The highest BCUT2D eigenvalue weighted by atomic mass is 16.2. The molecule has 4 atom stereocenters. The zero-order valence-electron chi connectivity index (χ0n) is 12.7. The van der Waals surface area contributed by atoms with E-state index in [1.807, 2.05) is 6.92 Å². The van der Waals surface area contributed by atoms with E-state index in [-0.39, 0.29) is 0 Å². The van der Waals surface area contributed by atoms with Crippen LogP contribution in [-0.4, -0.2) is 39.9 Å². The SMILES string of the molecule is CCC(=O)N1[C@H]2CC[C@H]3[C@@H]1CC[C@@H]2N3Cc1ccccc1. The molecule has 0 spiro atoms. The van der Waals surface area contributed by atoms with Crippen molar-refractivity contribution in [2.45, 2.75) is 69.7 Å². The average molecular weight is 284 g/mol. The lowest BCUT2D eigenvalue weighted by Crippen LogP contribution is -2.75. The van der Waals surface area contributed by atoms with Crippen molar-refractivity contribution in [3.8, 4) is 0 Å². The summed E-state index contributed by atoms with van der Waals surface area (Å²) in [5, 5.41) is 0. The molecule has 21 heavy (non-hydrogen) atoms. The van der Waals surface area contributed by atoms with Crippen LogP contribution in [-0.2, 0) is 11.3 Å². The Morgan fingerprint density at radius 1 is 1.00 bits per heavy atom. The minimum absolute atomic E-state index is 0.374. The normalized spacial score (nSPS) is 34.4. The summed E-state index contributed by atoms with van der Waals surface area (Å²) in [6.45, 7) is 3.05. The van der Waals surface area contributed by atoms with E-state index in [1.54, 1.807) is 0 Å². The third kappa shape index (κ3) is 2.02. The number of carbonyl (C=O) groups is 1. The van der Waals surface area contributed by atoms with Crippen LogP contribution in [0.5, 0.6) is 0 Å². The third-order valence-corrected chi connectivity index (χ3v) is 5.77. The topological polar surface area (TPSA) is 23.6 Å². The van der Waals surface area contributed by atoms with Crippen molar-refractivity contribution in [1.82, 2.24) is 9.80 Å². The zero-order chi connectivity index (χ0) is 14.4. The zero-order valence-corrected chi connectivity index (χ0v) is 12.7. The van der Waals surface area contributed by atoms with Gasteiger partial charge < -0.3 is 4.90 Å². The van der Waals surface area contributed by atoms with E-state index >= 15 is 0 Å². The Kier molecular flexibility index (Phi) is 3.26. The van der Waals surface area contributed by atoms with Crippen molar-refractivity contribution in [3.63, 3.8) is 0 Å². The molecule has 3 nitrogen and oxygen atoms in total. The van der Waals surface area contributed by atoms with Gasteiger partial charge in [0.25, 0.3) is 0 Å². The van der Waals surface area contributed by atoms with Crippen molar-refractivity contribution in [3.05, 3.63) is 35.9 Å². The maximum atomic E-state index is 12.3. The van der Waals surface area contributed by atoms with Gasteiger partial charge in [-0.25, -0.2) is 0 Å². The summed E-state index contributed by atoms with van der Waals surface area (Å²) in [5.74, 6) is 0.374. The lowest BCUT2D eigenvalue weighted by molar-refractivity contribution is -0.173. The van der Waals surface area contributed by atoms with Crippen LogP contribution in [0, 0.1) is 0 Å². The van der Waals surface area contributed by atoms with Crippen molar-refractivity contribution >= 4 is 5.91 Å². The Morgan fingerprint density at radius 2 is 1.57 bits per heavy atom. The molecule has 3 heteroatoms. The fraction of sp³-hybridized carbons (Fsp3) is 0.611. The number of hydrogen-bond donors (Lipinski definition) is 0. The van der Waals surface area contributed by atoms with Crippen LogP contribution in [0.25, 0.3) is 0 Å². The molecule has 5 fully saturated rings. The summed E-state index contributed by atoms with van der Waals surface area (Å²) < 4.78 is 0. The first kappa shape index (κ1) is 13.3. The van der Waals surface area contributed by atoms with Crippen LogP contribution in [0.4, 0.5) is 0 Å². The smallest absolute Gasteiger partial charge is 0.222 e. The number of benzene rings is 1. The number of piperazine rings is 1. The molecule has 5 aliphatic heterocycles. The van der Waals surface area contributed by atoms with Crippen molar-refractivity contribution in [2.75, 3.05) is 0 Å². The van der Waals surface area contributed by atoms with Gasteiger partial charge in [-0.05, 0) is 31.2 Å². The number of amides is 1. The minimum Gasteiger partial charge on any atom is -0.334 e. The summed E-state index contributed by atoms with van der Waals surface area (Å²) in [6.07, 6.45) is 5.62. The van der Waals surface area contributed by atoms with Gasteiger partial charge in [0.1, 0.15) is 0 Å². The molecule has 0 aromatic heterocycles. The van der Waals surface area contributed by atoms with Crippen LogP contribution >= 0.6 is 0 Å². The van der Waals surface area contributed by atoms with Crippen molar-refractivity contribution in [2.24, 2.45) is 0 Å². The molecule has 5 aliphatic rings. The van der Waals surface area contributed by atoms with Gasteiger partial charge in [0.2, 0.25) is 5.91 Å². The highest BCUT2D eigenvalue weighted by Gasteiger charge is 2.55.